The van der Waals surface area contributed by atoms with E-state index in [9.17, 15) is 9.50 Å². The largest absolute Gasteiger partial charge is 0.394 e. The standard InChI is InChI=1S/C16H14ClFN2O/c17-14-6-5-11(7-15(14)18)16(10-21)20-9-13-4-2-1-3-12(13)8-19/h1-7,16,20-21H,9-10H2. The Kier molecular flexibility index (Phi) is 5.29. The third kappa shape index (κ3) is 3.79. The molecule has 0 aliphatic rings. The number of halogens is 2. The van der Waals surface area contributed by atoms with E-state index in [1.807, 2.05) is 12.1 Å². The van der Waals surface area contributed by atoms with Crippen molar-refractivity contribution in [2.24, 2.45) is 0 Å². The van der Waals surface area contributed by atoms with Crippen molar-refractivity contribution < 1.29 is 9.50 Å². The van der Waals surface area contributed by atoms with Crippen molar-refractivity contribution in [1.82, 2.24) is 5.32 Å². The number of nitrogens with zero attached hydrogens (tertiary/aromatic N) is 1. The first-order chi connectivity index (χ1) is 10.2. The number of aliphatic hydroxyl groups is 1. The molecule has 2 rings (SSSR count). The zero-order valence-electron chi connectivity index (χ0n) is 11.2. The predicted octanol–water partition coefficient (Wildman–Crippen LogP) is 3.17. The summed E-state index contributed by atoms with van der Waals surface area (Å²) in [7, 11) is 0. The minimum atomic E-state index is -0.521. The van der Waals surface area contributed by atoms with Gasteiger partial charge >= 0.3 is 0 Å². The lowest BCUT2D eigenvalue weighted by Crippen LogP contribution is -2.24. The van der Waals surface area contributed by atoms with Gasteiger partial charge in [-0.05, 0) is 29.3 Å². The van der Waals surface area contributed by atoms with E-state index >= 15 is 0 Å². The Morgan fingerprint density at radius 2 is 2.05 bits per heavy atom. The molecule has 0 aromatic heterocycles. The van der Waals surface area contributed by atoms with Crippen LogP contribution in [0.25, 0.3) is 0 Å². The van der Waals surface area contributed by atoms with Gasteiger partial charge in [0.05, 0.1) is 29.3 Å². The predicted molar refractivity (Wildman–Crippen MR) is 79.2 cm³/mol. The number of nitrogens with one attached hydrogen (secondary N) is 1. The highest BCUT2D eigenvalue weighted by atomic mass is 35.5. The van der Waals surface area contributed by atoms with Gasteiger partial charge in [0.2, 0.25) is 0 Å². The van der Waals surface area contributed by atoms with Crippen molar-refractivity contribution in [3.8, 4) is 6.07 Å². The zero-order valence-corrected chi connectivity index (χ0v) is 11.9. The molecule has 21 heavy (non-hydrogen) atoms. The van der Waals surface area contributed by atoms with Crippen molar-refractivity contribution in [3.05, 3.63) is 70.0 Å². The molecule has 1 atom stereocenters. The van der Waals surface area contributed by atoms with Gasteiger partial charge < -0.3 is 10.4 Å². The van der Waals surface area contributed by atoms with E-state index < -0.39 is 11.9 Å². The summed E-state index contributed by atoms with van der Waals surface area (Å²) < 4.78 is 13.5. The molecule has 0 aliphatic carbocycles. The minimum absolute atomic E-state index is 0.0465. The summed E-state index contributed by atoms with van der Waals surface area (Å²) >= 11 is 5.65. The molecule has 0 spiro atoms. The van der Waals surface area contributed by atoms with Crippen molar-refractivity contribution in [3.63, 3.8) is 0 Å². The summed E-state index contributed by atoms with van der Waals surface area (Å²) in [5, 5.41) is 21.7. The normalized spacial score (nSPS) is 11.9. The molecular formula is C16H14ClFN2O. The van der Waals surface area contributed by atoms with Crippen LogP contribution in [-0.2, 0) is 6.54 Å². The summed E-state index contributed by atoms with van der Waals surface area (Å²) in [6.45, 7) is 0.217. The minimum Gasteiger partial charge on any atom is -0.394 e. The van der Waals surface area contributed by atoms with Crippen LogP contribution < -0.4 is 5.32 Å². The molecule has 0 fully saturated rings. The SMILES string of the molecule is N#Cc1ccccc1CNC(CO)c1ccc(Cl)c(F)c1. The van der Waals surface area contributed by atoms with Crippen molar-refractivity contribution in [2.45, 2.75) is 12.6 Å². The topological polar surface area (TPSA) is 56.0 Å². The zero-order chi connectivity index (χ0) is 15.2. The lowest BCUT2D eigenvalue weighted by atomic mass is 10.1. The highest BCUT2D eigenvalue weighted by molar-refractivity contribution is 6.30. The third-order valence-corrected chi connectivity index (χ3v) is 3.51. The van der Waals surface area contributed by atoms with Crippen LogP contribution in [0, 0.1) is 17.1 Å². The summed E-state index contributed by atoms with van der Waals surface area (Å²) in [4.78, 5) is 0. The van der Waals surface area contributed by atoms with Crippen LogP contribution in [-0.4, -0.2) is 11.7 Å². The van der Waals surface area contributed by atoms with Crippen LogP contribution in [0.15, 0.2) is 42.5 Å². The maximum Gasteiger partial charge on any atom is 0.142 e. The highest BCUT2D eigenvalue weighted by Gasteiger charge is 2.13. The first kappa shape index (κ1) is 15.5. The van der Waals surface area contributed by atoms with Gasteiger partial charge in [0.15, 0.2) is 0 Å². The number of benzene rings is 2. The van der Waals surface area contributed by atoms with E-state index in [0.717, 1.165) is 5.56 Å². The molecule has 0 heterocycles. The van der Waals surface area contributed by atoms with E-state index in [-0.39, 0.29) is 11.6 Å². The average Bonchev–Trinajstić information content (AvgIpc) is 2.51. The molecule has 0 radical (unpaired) electrons. The molecule has 0 saturated carbocycles. The highest BCUT2D eigenvalue weighted by Crippen LogP contribution is 2.20. The third-order valence-electron chi connectivity index (χ3n) is 3.21. The van der Waals surface area contributed by atoms with Gasteiger partial charge in [0.25, 0.3) is 0 Å². The van der Waals surface area contributed by atoms with Crippen molar-refractivity contribution in [1.29, 1.82) is 5.26 Å². The van der Waals surface area contributed by atoms with Gasteiger partial charge in [-0.3, -0.25) is 0 Å². The van der Waals surface area contributed by atoms with Crippen LogP contribution >= 0.6 is 11.6 Å². The maximum absolute atomic E-state index is 13.5. The molecule has 2 aromatic rings. The van der Waals surface area contributed by atoms with Gasteiger partial charge in [0.1, 0.15) is 5.82 Å². The fraction of sp³-hybridized carbons (Fsp3) is 0.188. The molecule has 0 amide bonds. The average molecular weight is 305 g/mol. The molecular weight excluding hydrogens is 291 g/mol. The molecule has 0 aliphatic heterocycles. The Balaban J connectivity index is 2.13. The fourth-order valence-electron chi connectivity index (χ4n) is 2.03. The van der Waals surface area contributed by atoms with E-state index in [0.29, 0.717) is 17.7 Å². The van der Waals surface area contributed by atoms with Crippen LogP contribution in [0.3, 0.4) is 0 Å². The first-order valence-electron chi connectivity index (χ1n) is 6.43. The van der Waals surface area contributed by atoms with E-state index in [1.165, 1.54) is 12.1 Å². The Labute approximate surface area is 127 Å². The molecule has 0 bridgehead atoms. The second-order valence-electron chi connectivity index (χ2n) is 4.56. The number of hydrogen-bond donors (Lipinski definition) is 2. The van der Waals surface area contributed by atoms with Crippen LogP contribution in [0.1, 0.15) is 22.7 Å². The lowest BCUT2D eigenvalue weighted by molar-refractivity contribution is 0.243. The second kappa shape index (κ2) is 7.19. The summed E-state index contributed by atoms with van der Waals surface area (Å²) in [6.07, 6.45) is 0. The number of nitriles is 1. The van der Waals surface area contributed by atoms with Crippen LogP contribution in [0.2, 0.25) is 5.02 Å². The quantitative estimate of drug-likeness (QED) is 0.892. The molecule has 3 nitrogen and oxygen atoms in total. The van der Waals surface area contributed by atoms with Crippen molar-refractivity contribution in [2.75, 3.05) is 6.61 Å². The maximum atomic E-state index is 13.5. The molecule has 5 heteroatoms. The molecule has 1 unspecified atom stereocenters. The van der Waals surface area contributed by atoms with Gasteiger partial charge in [-0.2, -0.15) is 5.26 Å². The number of aliphatic hydroxyl groups excluding tert-OH is 1. The Bertz CT molecular complexity index is 670. The van der Waals surface area contributed by atoms with Gasteiger partial charge in [-0.25, -0.2) is 4.39 Å². The summed E-state index contributed by atoms with van der Waals surface area (Å²) in [6, 6.07) is 13.3. The summed E-state index contributed by atoms with van der Waals surface area (Å²) in [5.41, 5.74) is 2.01. The Morgan fingerprint density at radius 3 is 2.71 bits per heavy atom. The number of rotatable bonds is 5. The van der Waals surface area contributed by atoms with E-state index in [1.54, 1.807) is 18.2 Å². The molecule has 0 saturated heterocycles. The van der Waals surface area contributed by atoms with Gasteiger partial charge in [-0.1, -0.05) is 35.9 Å². The smallest absolute Gasteiger partial charge is 0.142 e. The first-order valence-corrected chi connectivity index (χ1v) is 6.80. The monoisotopic (exact) mass is 304 g/mol. The van der Waals surface area contributed by atoms with Crippen LogP contribution in [0.4, 0.5) is 4.39 Å². The Hall–Kier alpha value is -1.93. The lowest BCUT2D eigenvalue weighted by Gasteiger charge is -2.17. The van der Waals surface area contributed by atoms with Crippen LogP contribution in [0.5, 0.6) is 0 Å². The number of hydrogen-bond acceptors (Lipinski definition) is 3. The second-order valence-corrected chi connectivity index (χ2v) is 4.97. The van der Waals surface area contributed by atoms with Gasteiger partial charge in [0, 0.05) is 6.54 Å². The Morgan fingerprint density at radius 1 is 1.29 bits per heavy atom. The summed E-state index contributed by atoms with van der Waals surface area (Å²) in [5.74, 6) is -0.521. The van der Waals surface area contributed by atoms with E-state index in [2.05, 4.69) is 11.4 Å². The molecule has 2 aromatic carbocycles. The van der Waals surface area contributed by atoms with E-state index in [4.69, 9.17) is 16.9 Å². The van der Waals surface area contributed by atoms with Gasteiger partial charge in [-0.15, -0.1) is 0 Å². The molecule has 108 valence electrons. The molecule has 2 N–H and O–H groups in total. The fourth-order valence-corrected chi connectivity index (χ4v) is 2.15. The van der Waals surface area contributed by atoms with Crippen molar-refractivity contribution >= 4 is 11.6 Å².